The fraction of sp³-hybridized carbons (Fsp3) is 0.0588. The van der Waals surface area contributed by atoms with Crippen LogP contribution in [0.2, 0.25) is 10.0 Å². The number of halogens is 2. The molecule has 3 aromatic rings. The normalized spacial score (nSPS) is 10.8. The molecule has 4 heteroatoms. The first-order valence-electron chi connectivity index (χ1n) is 6.42. The molecule has 0 aliphatic rings. The lowest BCUT2D eigenvalue weighted by atomic mass is 10.1. The van der Waals surface area contributed by atoms with E-state index in [1.165, 1.54) is 0 Å². The third-order valence-electron chi connectivity index (χ3n) is 3.27. The molecule has 0 radical (unpaired) electrons. The van der Waals surface area contributed by atoms with Crippen molar-refractivity contribution in [3.8, 4) is 0 Å². The molecule has 0 N–H and O–H groups in total. The maximum Gasteiger partial charge on any atom is 0.211 e. The molecule has 21 heavy (non-hydrogen) atoms. The van der Waals surface area contributed by atoms with Crippen LogP contribution < -0.4 is 0 Å². The number of nitrogens with zero attached hydrogens (tertiary/aromatic N) is 1. The topological polar surface area (TPSA) is 30.0 Å². The number of hydrogen-bond acceptors (Lipinski definition) is 2. The van der Waals surface area contributed by atoms with Crippen molar-refractivity contribution in [2.24, 2.45) is 0 Å². The van der Waals surface area contributed by atoms with E-state index in [1.54, 1.807) is 36.4 Å². The summed E-state index contributed by atoms with van der Waals surface area (Å²) in [6.45, 7) is 1.97. The summed E-state index contributed by atoms with van der Waals surface area (Å²) >= 11 is 12.2. The third-order valence-corrected chi connectivity index (χ3v) is 3.82. The summed E-state index contributed by atoms with van der Waals surface area (Å²) in [5.74, 6) is -0.154. The van der Waals surface area contributed by atoms with Crippen molar-refractivity contribution in [1.82, 2.24) is 4.98 Å². The molecule has 2 aromatic carbocycles. The zero-order valence-electron chi connectivity index (χ0n) is 11.2. The predicted molar refractivity (Wildman–Crippen MR) is 86.4 cm³/mol. The van der Waals surface area contributed by atoms with Gasteiger partial charge in [0.15, 0.2) is 0 Å². The number of pyridine rings is 1. The van der Waals surface area contributed by atoms with Gasteiger partial charge in [0.2, 0.25) is 5.78 Å². The second-order valence-corrected chi connectivity index (χ2v) is 5.69. The summed E-state index contributed by atoms with van der Waals surface area (Å²) < 4.78 is 0. The number of ketones is 1. The number of fused-ring (bicyclic) bond motifs is 1. The first kappa shape index (κ1) is 14.1. The molecule has 0 fully saturated rings. The van der Waals surface area contributed by atoms with Crippen LogP contribution in [-0.4, -0.2) is 10.8 Å². The summed E-state index contributed by atoms with van der Waals surface area (Å²) in [4.78, 5) is 16.9. The van der Waals surface area contributed by atoms with Crippen molar-refractivity contribution in [3.05, 3.63) is 75.4 Å². The Morgan fingerprint density at radius 1 is 1.00 bits per heavy atom. The largest absolute Gasteiger partial charge is 0.287 e. The van der Waals surface area contributed by atoms with Crippen LogP contribution in [0.5, 0.6) is 0 Å². The minimum atomic E-state index is -0.154. The van der Waals surface area contributed by atoms with Gasteiger partial charge in [0.25, 0.3) is 0 Å². The Hall–Kier alpha value is -1.90. The average molecular weight is 316 g/mol. The fourth-order valence-corrected chi connectivity index (χ4v) is 2.56. The maximum absolute atomic E-state index is 12.5. The number of hydrogen-bond donors (Lipinski definition) is 0. The van der Waals surface area contributed by atoms with E-state index in [2.05, 4.69) is 4.98 Å². The lowest BCUT2D eigenvalue weighted by molar-refractivity contribution is 0.103. The Bertz CT molecular complexity index is 841. The van der Waals surface area contributed by atoms with Gasteiger partial charge in [-0.25, -0.2) is 4.98 Å². The number of aromatic nitrogens is 1. The molecule has 0 amide bonds. The molecular formula is C17H11Cl2NO. The molecule has 0 aliphatic heterocycles. The van der Waals surface area contributed by atoms with Gasteiger partial charge in [-0.15, -0.1) is 0 Å². The summed E-state index contributed by atoms with van der Waals surface area (Å²) in [5, 5.41) is 1.83. The summed E-state index contributed by atoms with van der Waals surface area (Å²) in [6.07, 6.45) is 0. The Labute approximate surface area is 132 Å². The van der Waals surface area contributed by atoms with E-state index in [4.69, 9.17) is 23.2 Å². The van der Waals surface area contributed by atoms with Crippen molar-refractivity contribution < 1.29 is 4.79 Å². The lowest BCUT2D eigenvalue weighted by Crippen LogP contribution is -2.04. The van der Waals surface area contributed by atoms with E-state index in [0.717, 1.165) is 10.9 Å². The van der Waals surface area contributed by atoms with E-state index < -0.39 is 0 Å². The van der Waals surface area contributed by atoms with Crippen molar-refractivity contribution in [3.63, 3.8) is 0 Å². The predicted octanol–water partition coefficient (Wildman–Crippen LogP) is 5.08. The van der Waals surface area contributed by atoms with Crippen LogP contribution in [0.25, 0.3) is 10.9 Å². The van der Waals surface area contributed by atoms with Crippen molar-refractivity contribution in [2.75, 3.05) is 0 Å². The Morgan fingerprint density at radius 2 is 1.71 bits per heavy atom. The zero-order chi connectivity index (χ0) is 15.0. The van der Waals surface area contributed by atoms with Gasteiger partial charge in [-0.05, 0) is 31.2 Å². The average Bonchev–Trinajstić information content (AvgIpc) is 2.46. The number of benzene rings is 2. The van der Waals surface area contributed by atoms with Gasteiger partial charge in [0, 0.05) is 16.0 Å². The monoisotopic (exact) mass is 315 g/mol. The van der Waals surface area contributed by atoms with Crippen LogP contribution in [0.3, 0.4) is 0 Å². The molecule has 1 aromatic heterocycles. The standard InChI is InChI=1S/C17H11Cl2NO/c1-10-2-4-11(5-3-10)17(21)16-9-14(19)13-7-6-12(18)8-15(13)20-16/h2-9H,1H3. The van der Waals surface area contributed by atoms with Crippen LogP contribution in [0.15, 0.2) is 48.5 Å². The Balaban J connectivity index is 2.11. The van der Waals surface area contributed by atoms with E-state index in [0.29, 0.717) is 26.8 Å². The SMILES string of the molecule is Cc1ccc(C(=O)c2cc(Cl)c3ccc(Cl)cc3n2)cc1. The molecule has 104 valence electrons. The van der Waals surface area contributed by atoms with Gasteiger partial charge in [0.1, 0.15) is 5.69 Å². The van der Waals surface area contributed by atoms with Crippen LogP contribution in [0.4, 0.5) is 0 Å². The molecule has 0 spiro atoms. The Kier molecular flexibility index (Phi) is 3.66. The first-order valence-corrected chi connectivity index (χ1v) is 7.17. The van der Waals surface area contributed by atoms with Crippen LogP contribution in [0.1, 0.15) is 21.6 Å². The third kappa shape index (κ3) is 2.78. The highest BCUT2D eigenvalue weighted by Gasteiger charge is 2.13. The maximum atomic E-state index is 12.5. The fourth-order valence-electron chi connectivity index (χ4n) is 2.13. The van der Waals surface area contributed by atoms with Crippen LogP contribution in [0, 0.1) is 6.92 Å². The zero-order valence-corrected chi connectivity index (χ0v) is 12.7. The van der Waals surface area contributed by atoms with Crippen LogP contribution in [-0.2, 0) is 0 Å². The van der Waals surface area contributed by atoms with E-state index in [9.17, 15) is 4.79 Å². The first-order chi connectivity index (χ1) is 10.0. The highest BCUT2D eigenvalue weighted by molar-refractivity contribution is 6.36. The molecule has 0 saturated heterocycles. The van der Waals surface area contributed by atoms with Crippen molar-refractivity contribution >= 4 is 39.9 Å². The van der Waals surface area contributed by atoms with Gasteiger partial charge in [-0.3, -0.25) is 4.79 Å². The molecule has 0 bridgehead atoms. The van der Waals surface area contributed by atoms with E-state index in [-0.39, 0.29) is 5.78 Å². The van der Waals surface area contributed by atoms with E-state index >= 15 is 0 Å². The van der Waals surface area contributed by atoms with Crippen LogP contribution >= 0.6 is 23.2 Å². The second kappa shape index (κ2) is 5.47. The number of carbonyl (C=O) groups excluding carboxylic acids is 1. The van der Waals surface area contributed by atoms with Gasteiger partial charge in [-0.1, -0.05) is 53.0 Å². The molecule has 0 unspecified atom stereocenters. The molecule has 0 saturated carbocycles. The van der Waals surface area contributed by atoms with Gasteiger partial charge in [0.05, 0.1) is 10.5 Å². The van der Waals surface area contributed by atoms with E-state index in [1.807, 2.05) is 19.1 Å². The summed E-state index contributed by atoms with van der Waals surface area (Å²) in [6, 6.07) is 14.2. The van der Waals surface area contributed by atoms with Gasteiger partial charge < -0.3 is 0 Å². The minimum Gasteiger partial charge on any atom is -0.287 e. The quantitative estimate of drug-likeness (QED) is 0.617. The molecular weight excluding hydrogens is 305 g/mol. The Morgan fingerprint density at radius 3 is 2.43 bits per heavy atom. The van der Waals surface area contributed by atoms with Gasteiger partial charge in [-0.2, -0.15) is 0 Å². The second-order valence-electron chi connectivity index (χ2n) is 4.85. The molecule has 2 nitrogen and oxygen atoms in total. The molecule has 3 rings (SSSR count). The minimum absolute atomic E-state index is 0.154. The molecule has 1 heterocycles. The highest BCUT2D eigenvalue weighted by Crippen LogP contribution is 2.26. The van der Waals surface area contributed by atoms with Crippen molar-refractivity contribution in [2.45, 2.75) is 6.92 Å². The van der Waals surface area contributed by atoms with Crippen molar-refractivity contribution in [1.29, 1.82) is 0 Å². The molecule has 0 atom stereocenters. The number of aryl methyl sites for hydroxylation is 1. The number of carbonyl (C=O) groups is 1. The molecule has 0 aliphatic carbocycles. The van der Waals surface area contributed by atoms with Gasteiger partial charge >= 0.3 is 0 Å². The number of rotatable bonds is 2. The summed E-state index contributed by atoms with van der Waals surface area (Å²) in [7, 11) is 0. The summed E-state index contributed by atoms with van der Waals surface area (Å²) in [5.41, 5.74) is 2.62. The lowest BCUT2D eigenvalue weighted by Gasteiger charge is -2.06. The smallest absolute Gasteiger partial charge is 0.211 e. The highest BCUT2D eigenvalue weighted by atomic mass is 35.5.